The molecule has 0 fully saturated rings. The van der Waals surface area contributed by atoms with Crippen LogP contribution in [0.2, 0.25) is 0 Å². The van der Waals surface area contributed by atoms with Crippen molar-refractivity contribution in [3.8, 4) is 0 Å². The number of nitrogens with one attached hydrogen (secondary N) is 1. The largest absolute Gasteiger partial charge is 0.330 e. The molecule has 1 aromatic carbocycles. The van der Waals surface area contributed by atoms with E-state index >= 15 is 0 Å². The quantitative estimate of drug-likeness (QED) is 0.690. The minimum absolute atomic E-state index is 0.117. The SMILES string of the molecule is CCCC(CN)C(=O)Nc1ccc(CS(N)(=O)=O)cc1. The van der Waals surface area contributed by atoms with Crippen LogP contribution in [0, 0.1) is 5.92 Å². The van der Waals surface area contributed by atoms with Crippen LogP contribution < -0.4 is 16.2 Å². The third-order valence-corrected chi connectivity index (χ3v) is 3.62. The Morgan fingerprint density at radius 3 is 2.35 bits per heavy atom. The Kier molecular flexibility index (Phi) is 6.12. The van der Waals surface area contributed by atoms with E-state index in [0.717, 1.165) is 12.8 Å². The van der Waals surface area contributed by atoms with Crippen molar-refractivity contribution in [2.45, 2.75) is 25.5 Å². The first-order valence-corrected chi connectivity index (χ1v) is 8.17. The van der Waals surface area contributed by atoms with Crippen molar-refractivity contribution in [3.63, 3.8) is 0 Å². The summed E-state index contributed by atoms with van der Waals surface area (Å²) in [5.41, 5.74) is 6.76. The van der Waals surface area contributed by atoms with Crippen molar-refractivity contribution >= 4 is 21.6 Å². The second-order valence-electron chi connectivity index (χ2n) is 4.71. The van der Waals surface area contributed by atoms with Crippen LogP contribution >= 0.6 is 0 Å². The summed E-state index contributed by atoms with van der Waals surface area (Å²) >= 11 is 0. The molecular formula is C13H21N3O3S. The van der Waals surface area contributed by atoms with Crippen LogP contribution in [0.15, 0.2) is 24.3 Å². The fourth-order valence-electron chi connectivity index (χ4n) is 1.87. The molecule has 5 N–H and O–H groups in total. The molecule has 1 unspecified atom stereocenters. The number of hydrogen-bond acceptors (Lipinski definition) is 4. The second-order valence-corrected chi connectivity index (χ2v) is 6.33. The summed E-state index contributed by atoms with van der Waals surface area (Å²) < 4.78 is 21.9. The first kappa shape index (κ1) is 16.6. The maximum Gasteiger partial charge on any atom is 0.228 e. The first-order valence-electron chi connectivity index (χ1n) is 6.46. The van der Waals surface area contributed by atoms with Gasteiger partial charge in [-0.1, -0.05) is 25.5 Å². The van der Waals surface area contributed by atoms with Gasteiger partial charge in [-0.25, -0.2) is 13.6 Å². The zero-order chi connectivity index (χ0) is 15.2. The summed E-state index contributed by atoms with van der Waals surface area (Å²) in [7, 11) is -3.54. The van der Waals surface area contributed by atoms with Crippen molar-refractivity contribution < 1.29 is 13.2 Å². The molecule has 0 saturated carbocycles. The van der Waals surface area contributed by atoms with Crippen LogP contribution in [0.3, 0.4) is 0 Å². The lowest BCUT2D eigenvalue weighted by atomic mass is 10.0. The van der Waals surface area contributed by atoms with E-state index in [0.29, 0.717) is 17.8 Å². The van der Waals surface area contributed by atoms with Crippen molar-refractivity contribution in [1.82, 2.24) is 0 Å². The van der Waals surface area contributed by atoms with Crippen LogP contribution in [0.25, 0.3) is 0 Å². The summed E-state index contributed by atoms with van der Waals surface area (Å²) in [6, 6.07) is 6.55. The number of benzene rings is 1. The third-order valence-electron chi connectivity index (χ3n) is 2.88. The van der Waals surface area contributed by atoms with Crippen molar-refractivity contribution in [2.24, 2.45) is 16.8 Å². The van der Waals surface area contributed by atoms with Crippen LogP contribution in [0.4, 0.5) is 5.69 Å². The molecule has 0 aromatic heterocycles. The Balaban J connectivity index is 2.67. The smallest absolute Gasteiger partial charge is 0.228 e. The first-order chi connectivity index (χ1) is 9.35. The molecule has 0 aliphatic rings. The monoisotopic (exact) mass is 299 g/mol. The molecule has 0 aliphatic carbocycles. The van der Waals surface area contributed by atoms with Crippen LogP contribution in [0.5, 0.6) is 0 Å². The van der Waals surface area contributed by atoms with E-state index in [1.54, 1.807) is 24.3 Å². The highest BCUT2D eigenvalue weighted by Crippen LogP contribution is 2.14. The molecule has 0 bridgehead atoms. The van der Waals surface area contributed by atoms with Gasteiger partial charge in [-0.15, -0.1) is 0 Å². The van der Waals surface area contributed by atoms with Gasteiger partial charge in [0.1, 0.15) is 0 Å². The van der Waals surface area contributed by atoms with Crippen molar-refractivity contribution in [2.75, 3.05) is 11.9 Å². The molecule has 1 amide bonds. The number of carbonyl (C=O) groups is 1. The van der Waals surface area contributed by atoms with Crippen LogP contribution in [-0.4, -0.2) is 20.9 Å². The second kappa shape index (κ2) is 7.37. The minimum Gasteiger partial charge on any atom is -0.330 e. The van der Waals surface area contributed by atoms with Gasteiger partial charge < -0.3 is 11.1 Å². The predicted molar refractivity (Wildman–Crippen MR) is 79.3 cm³/mol. The zero-order valence-corrected chi connectivity index (χ0v) is 12.3. The molecule has 0 radical (unpaired) electrons. The molecule has 20 heavy (non-hydrogen) atoms. The van der Waals surface area contributed by atoms with E-state index < -0.39 is 10.0 Å². The molecule has 0 aliphatic heterocycles. The lowest BCUT2D eigenvalue weighted by Gasteiger charge is -2.14. The normalized spacial score (nSPS) is 12.9. The molecule has 1 rings (SSSR count). The Bertz CT molecular complexity index is 540. The van der Waals surface area contributed by atoms with Crippen LogP contribution in [0.1, 0.15) is 25.3 Å². The van der Waals surface area contributed by atoms with Crippen LogP contribution in [-0.2, 0) is 20.6 Å². The van der Waals surface area contributed by atoms with Gasteiger partial charge in [0.25, 0.3) is 0 Å². The summed E-state index contributed by atoms with van der Waals surface area (Å²) in [4.78, 5) is 11.9. The van der Waals surface area contributed by atoms with Gasteiger partial charge in [0.05, 0.1) is 11.7 Å². The zero-order valence-electron chi connectivity index (χ0n) is 11.5. The number of sulfonamides is 1. The molecule has 112 valence electrons. The van der Waals surface area contributed by atoms with E-state index in [1.807, 2.05) is 6.92 Å². The van der Waals surface area contributed by atoms with Gasteiger partial charge in [0, 0.05) is 12.2 Å². The Labute approximate surface area is 119 Å². The molecule has 7 heteroatoms. The number of amides is 1. The number of rotatable bonds is 7. The standard InChI is InChI=1S/C13H21N3O3S/c1-2-3-11(8-14)13(17)16-12-6-4-10(5-7-12)9-20(15,18)19/h4-7,11H,2-3,8-9,14H2,1H3,(H,16,17)(H2,15,18,19). The van der Waals surface area contributed by atoms with Crippen molar-refractivity contribution in [3.05, 3.63) is 29.8 Å². The van der Waals surface area contributed by atoms with E-state index in [4.69, 9.17) is 10.9 Å². The van der Waals surface area contributed by atoms with Gasteiger partial charge >= 0.3 is 0 Å². The Morgan fingerprint density at radius 1 is 1.30 bits per heavy atom. The average molecular weight is 299 g/mol. The fraction of sp³-hybridized carbons (Fsp3) is 0.462. The Hall–Kier alpha value is -1.44. The maximum atomic E-state index is 11.9. The van der Waals surface area contributed by atoms with E-state index in [2.05, 4.69) is 5.32 Å². The molecule has 6 nitrogen and oxygen atoms in total. The molecule has 1 atom stereocenters. The third kappa shape index (κ3) is 5.68. The van der Waals surface area contributed by atoms with Gasteiger partial charge in [0.15, 0.2) is 0 Å². The average Bonchev–Trinajstić information content (AvgIpc) is 2.36. The number of nitrogens with two attached hydrogens (primary N) is 2. The fourth-order valence-corrected chi connectivity index (χ4v) is 2.52. The Morgan fingerprint density at radius 2 is 1.90 bits per heavy atom. The van der Waals surface area contributed by atoms with Gasteiger partial charge in [0.2, 0.25) is 15.9 Å². The van der Waals surface area contributed by atoms with Gasteiger partial charge in [-0.2, -0.15) is 0 Å². The lowest BCUT2D eigenvalue weighted by Crippen LogP contribution is -2.29. The van der Waals surface area contributed by atoms with Crippen molar-refractivity contribution in [1.29, 1.82) is 0 Å². The highest BCUT2D eigenvalue weighted by molar-refractivity contribution is 7.88. The minimum atomic E-state index is -3.54. The van der Waals surface area contributed by atoms with Gasteiger partial charge in [-0.3, -0.25) is 4.79 Å². The molecule has 0 heterocycles. The van der Waals surface area contributed by atoms with E-state index in [9.17, 15) is 13.2 Å². The summed E-state index contributed by atoms with van der Waals surface area (Å²) in [5.74, 6) is -0.541. The summed E-state index contributed by atoms with van der Waals surface area (Å²) in [6.07, 6.45) is 1.63. The highest BCUT2D eigenvalue weighted by Gasteiger charge is 2.15. The number of carbonyl (C=O) groups excluding carboxylic acids is 1. The lowest BCUT2D eigenvalue weighted by molar-refractivity contribution is -0.119. The van der Waals surface area contributed by atoms with E-state index in [-0.39, 0.29) is 17.6 Å². The summed E-state index contributed by atoms with van der Waals surface area (Å²) in [5, 5.41) is 7.73. The number of anilines is 1. The molecule has 1 aromatic rings. The van der Waals surface area contributed by atoms with E-state index in [1.165, 1.54) is 0 Å². The maximum absolute atomic E-state index is 11.9. The predicted octanol–water partition coefficient (Wildman–Crippen LogP) is 0.789. The number of primary sulfonamides is 1. The molecule has 0 saturated heterocycles. The van der Waals surface area contributed by atoms with Gasteiger partial charge in [-0.05, 0) is 24.1 Å². The highest BCUT2D eigenvalue weighted by atomic mass is 32.2. The number of hydrogen-bond donors (Lipinski definition) is 3. The summed E-state index contributed by atoms with van der Waals surface area (Å²) in [6.45, 7) is 2.31. The molecular weight excluding hydrogens is 278 g/mol. The molecule has 0 spiro atoms. The topological polar surface area (TPSA) is 115 Å².